The summed E-state index contributed by atoms with van der Waals surface area (Å²) in [5.41, 5.74) is 0.685. The van der Waals surface area contributed by atoms with Gasteiger partial charge in [0.2, 0.25) is 0 Å². The Morgan fingerprint density at radius 3 is 2.71 bits per heavy atom. The van der Waals surface area contributed by atoms with Gasteiger partial charge in [-0.25, -0.2) is 0 Å². The smallest absolute Gasteiger partial charge is 0.198 e. The van der Waals surface area contributed by atoms with Gasteiger partial charge in [0.05, 0.1) is 5.69 Å². The minimum atomic E-state index is -3.45. The van der Waals surface area contributed by atoms with Crippen molar-refractivity contribution in [3.8, 4) is 0 Å². The van der Waals surface area contributed by atoms with Crippen molar-refractivity contribution in [2.24, 2.45) is 0 Å². The Labute approximate surface area is 85.9 Å². The molecule has 0 saturated heterocycles. The molecule has 0 aromatic carbocycles. The molecule has 0 bridgehead atoms. The summed E-state index contributed by atoms with van der Waals surface area (Å²) in [4.78, 5) is 0. The van der Waals surface area contributed by atoms with Crippen LogP contribution in [0.1, 0.15) is 5.69 Å². The van der Waals surface area contributed by atoms with Gasteiger partial charge in [0.1, 0.15) is 4.21 Å². The van der Waals surface area contributed by atoms with Gasteiger partial charge in [-0.15, -0.1) is 11.3 Å². The molecule has 0 unspecified atom stereocenters. The maximum Gasteiger partial charge on any atom is 0.292 e. The third-order valence-electron chi connectivity index (χ3n) is 1.70. The highest BCUT2D eigenvalue weighted by molar-refractivity contribution is 7.91. The molecule has 2 aromatic rings. The minimum Gasteiger partial charge on any atom is -0.198 e. The summed E-state index contributed by atoms with van der Waals surface area (Å²) in [6.07, 6.45) is 1.45. The zero-order valence-corrected chi connectivity index (χ0v) is 9.05. The topological polar surface area (TPSA) is 52.0 Å². The fourth-order valence-corrected chi connectivity index (χ4v) is 3.25. The zero-order valence-electron chi connectivity index (χ0n) is 7.41. The molecule has 0 spiro atoms. The van der Waals surface area contributed by atoms with E-state index in [-0.39, 0.29) is 0 Å². The Morgan fingerprint density at radius 1 is 1.43 bits per heavy atom. The van der Waals surface area contributed by atoms with Gasteiger partial charge in [0, 0.05) is 6.20 Å². The van der Waals surface area contributed by atoms with Gasteiger partial charge < -0.3 is 0 Å². The summed E-state index contributed by atoms with van der Waals surface area (Å²) < 4.78 is 24.9. The van der Waals surface area contributed by atoms with Gasteiger partial charge in [-0.05, 0) is 24.4 Å². The molecule has 2 rings (SSSR count). The van der Waals surface area contributed by atoms with Crippen molar-refractivity contribution in [1.29, 1.82) is 0 Å². The molecule has 0 atom stereocenters. The average molecular weight is 228 g/mol. The van der Waals surface area contributed by atoms with Gasteiger partial charge in [-0.3, -0.25) is 0 Å². The second-order valence-electron chi connectivity index (χ2n) is 2.77. The molecule has 74 valence electrons. The lowest BCUT2D eigenvalue weighted by Gasteiger charge is -1.99. The first-order valence-corrected chi connectivity index (χ1v) is 6.24. The molecule has 0 aliphatic carbocycles. The van der Waals surface area contributed by atoms with Crippen LogP contribution in [0.5, 0.6) is 0 Å². The van der Waals surface area contributed by atoms with Crippen molar-refractivity contribution in [3.63, 3.8) is 0 Å². The summed E-state index contributed by atoms with van der Waals surface area (Å²) in [6, 6.07) is 4.93. The highest BCUT2D eigenvalue weighted by Gasteiger charge is 2.18. The van der Waals surface area contributed by atoms with Crippen LogP contribution in [0.2, 0.25) is 0 Å². The number of rotatable bonds is 2. The summed E-state index contributed by atoms with van der Waals surface area (Å²) in [6.45, 7) is 1.75. The van der Waals surface area contributed by atoms with Crippen molar-refractivity contribution in [1.82, 2.24) is 9.19 Å². The van der Waals surface area contributed by atoms with Crippen LogP contribution in [0, 0.1) is 6.92 Å². The predicted octanol–water partition coefficient (Wildman–Crippen LogP) is 1.49. The van der Waals surface area contributed by atoms with Crippen LogP contribution in [-0.4, -0.2) is 17.6 Å². The van der Waals surface area contributed by atoms with E-state index in [9.17, 15) is 8.42 Å². The third-order valence-corrected chi connectivity index (χ3v) is 4.62. The Balaban J connectivity index is 2.54. The first kappa shape index (κ1) is 9.42. The molecule has 0 aliphatic heterocycles. The van der Waals surface area contributed by atoms with E-state index in [0.29, 0.717) is 9.90 Å². The molecular weight excluding hydrogens is 220 g/mol. The van der Waals surface area contributed by atoms with Crippen molar-refractivity contribution in [3.05, 3.63) is 35.5 Å². The summed E-state index contributed by atoms with van der Waals surface area (Å²) in [5.74, 6) is 0. The van der Waals surface area contributed by atoms with Crippen molar-refractivity contribution >= 4 is 21.4 Å². The predicted molar refractivity (Wildman–Crippen MR) is 53.9 cm³/mol. The number of thiophene rings is 1. The van der Waals surface area contributed by atoms with Crippen LogP contribution >= 0.6 is 11.3 Å². The van der Waals surface area contributed by atoms with Gasteiger partial charge in [-0.1, -0.05) is 6.07 Å². The quantitative estimate of drug-likeness (QED) is 0.782. The van der Waals surface area contributed by atoms with Crippen LogP contribution in [0.4, 0.5) is 0 Å². The third kappa shape index (κ3) is 1.46. The Hall–Kier alpha value is -1.14. The van der Waals surface area contributed by atoms with Crippen molar-refractivity contribution < 1.29 is 8.42 Å². The molecule has 4 nitrogen and oxygen atoms in total. The SMILES string of the molecule is Cc1ccn(S(=O)(=O)c2cccs2)n1. The Morgan fingerprint density at radius 2 is 2.21 bits per heavy atom. The first-order chi connectivity index (χ1) is 6.60. The molecule has 0 aliphatic rings. The lowest BCUT2D eigenvalue weighted by Crippen LogP contribution is -2.12. The highest BCUT2D eigenvalue weighted by Crippen LogP contribution is 2.18. The standard InChI is InChI=1S/C8H8N2O2S2/c1-7-4-5-10(9-7)14(11,12)8-3-2-6-13-8/h2-6H,1H3. The van der Waals surface area contributed by atoms with E-state index < -0.39 is 10.0 Å². The van der Waals surface area contributed by atoms with Crippen LogP contribution in [0.15, 0.2) is 34.0 Å². The van der Waals surface area contributed by atoms with Crippen molar-refractivity contribution in [2.45, 2.75) is 11.1 Å². The fourth-order valence-electron chi connectivity index (χ4n) is 1.03. The molecule has 2 heterocycles. The summed E-state index contributed by atoms with van der Waals surface area (Å²) in [7, 11) is -3.45. The lowest BCUT2D eigenvalue weighted by atomic mass is 10.5. The fraction of sp³-hybridized carbons (Fsp3) is 0.125. The molecule has 14 heavy (non-hydrogen) atoms. The molecule has 0 N–H and O–H groups in total. The first-order valence-electron chi connectivity index (χ1n) is 3.92. The molecule has 0 saturated carbocycles. The molecule has 0 radical (unpaired) electrons. The number of hydrogen-bond donors (Lipinski definition) is 0. The average Bonchev–Trinajstić information content (AvgIpc) is 2.72. The monoisotopic (exact) mass is 228 g/mol. The molecule has 2 aromatic heterocycles. The number of aromatic nitrogens is 2. The second kappa shape index (κ2) is 3.21. The minimum absolute atomic E-state index is 0.306. The van der Waals surface area contributed by atoms with Gasteiger partial charge in [-0.2, -0.15) is 17.6 Å². The number of hydrogen-bond acceptors (Lipinski definition) is 4. The summed E-state index contributed by atoms with van der Waals surface area (Å²) in [5, 5.41) is 5.60. The van der Waals surface area contributed by atoms with E-state index in [4.69, 9.17) is 0 Å². The van der Waals surface area contributed by atoms with Crippen molar-refractivity contribution in [2.75, 3.05) is 0 Å². The second-order valence-corrected chi connectivity index (χ2v) is 5.74. The van der Waals surface area contributed by atoms with Crippen LogP contribution in [0.3, 0.4) is 0 Å². The van der Waals surface area contributed by atoms with E-state index in [1.807, 2.05) is 0 Å². The van der Waals surface area contributed by atoms with Gasteiger partial charge >= 0.3 is 0 Å². The van der Waals surface area contributed by atoms with Crippen LogP contribution in [-0.2, 0) is 10.0 Å². The van der Waals surface area contributed by atoms with E-state index in [1.54, 1.807) is 30.5 Å². The van der Waals surface area contributed by atoms with Crippen LogP contribution in [0.25, 0.3) is 0 Å². The molecule has 0 fully saturated rings. The number of nitrogens with zero attached hydrogens (tertiary/aromatic N) is 2. The molecular formula is C8H8N2O2S2. The Kier molecular flexibility index (Phi) is 2.16. The van der Waals surface area contributed by atoms with E-state index in [0.717, 1.165) is 4.09 Å². The molecule has 6 heteroatoms. The maximum absolute atomic E-state index is 11.8. The largest absolute Gasteiger partial charge is 0.292 e. The lowest BCUT2D eigenvalue weighted by molar-refractivity contribution is 0.581. The Bertz CT molecular complexity index is 525. The molecule has 0 amide bonds. The van der Waals surface area contributed by atoms with Crippen LogP contribution < -0.4 is 0 Å². The zero-order chi connectivity index (χ0) is 10.2. The van der Waals surface area contributed by atoms with E-state index in [1.165, 1.54) is 17.5 Å². The highest BCUT2D eigenvalue weighted by atomic mass is 32.2. The van der Waals surface area contributed by atoms with E-state index >= 15 is 0 Å². The summed E-state index contributed by atoms with van der Waals surface area (Å²) >= 11 is 1.19. The maximum atomic E-state index is 11.8. The van der Waals surface area contributed by atoms with E-state index in [2.05, 4.69) is 5.10 Å². The van der Waals surface area contributed by atoms with Gasteiger partial charge in [0.25, 0.3) is 10.0 Å². The van der Waals surface area contributed by atoms with Gasteiger partial charge in [0.15, 0.2) is 0 Å². The number of aryl methyl sites for hydroxylation is 1. The normalized spacial score (nSPS) is 11.8.